The minimum atomic E-state index is -0.899. The quantitative estimate of drug-likeness (QED) is 0.752. The largest absolute Gasteiger partial charge is 0.481 e. The van der Waals surface area contributed by atoms with Crippen molar-refractivity contribution in [3.8, 4) is 0 Å². The van der Waals surface area contributed by atoms with Crippen LogP contribution in [0.2, 0.25) is 0 Å². The first-order valence-corrected chi connectivity index (χ1v) is 5.03. The van der Waals surface area contributed by atoms with Crippen LogP contribution in [0.3, 0.4) is 0 Å². The van der Waals surface area contributed by atoms with E-state index in [1.807, 2.05) is 0 Å². The maximum absolute atomic E-state index is 11.5. The van der Waals surface area contributed by atoms with Gasteiger partial charge in [-0.3, -0.25) is 9.59 Å². The van der Waals surface area contributed by atoms with Gasteiger partial charge in [-0.1, -0.05) is 6.92 Å². The number of nitrogens with zero attached hydrogens (tertiary/aromatic N) is 2. The third-order valence-corrected chi connectivity index (χ3v) is 2.29. The highest BCUT2D eigenvalue weighted by molar-refractivity contribution is 5.92. The Labute approximate surface area is 93.3 Å². The van der Waals surface area contributed by atoms with Gasteiger partial charge in [0.1, 0.15) is 5.69 Å². The first-order valence-electron chi connectivity index (χ1n) is 5.03. The molecule has 0 radical (unpaired) electrons. The molecule has 6 nitrogen and oxygen atoms in total. The second-order valence-electron chi connectivity index (χ2n) is 3.58. The summed E-state index contributed by atoms with van der Waals surface area (Å²) in [5.74, 6) is -1.79. The maximum atomic E-state index is 11.5. The Kier molecular flexibility index (Phi) is 4.04. The molecule has 2 N–H and O–H groups in total. The molecule has 16 heavy (non-hydrogen) atoms. The van der Waals surface area contributed by atoms with E-state index < -0.39 is 11.9 Å². The molecule has 0 saturated heterocycles. The number of carboxylic acid groups (broad SMARTS) is 1. The van der Waals surface area contributed by atoms with E-state index in [2.05, 4.69) is 10.3 Å². The van der Waals surface area contributed by atoms with Crippen molar-refractivity contribution in [1.29, 1.82) is 0 Å². The number of imidazole rings is 1. The molecule has 0 aromatic carbocycles. The first kappa shape index (κ1) is 12.2. The zero-order valence-electron chi connectivity index (χ0n) is 9.30. The summed E-state index contributed by atoms with van der Waals surface area (Å²) >= 11 is 0. The lowest BCUT2D eigenvalue weighted by molar-refractivity contribution is -0.141. The van der Waals surface area contributed by atoms with Gasteiger partial charge in [-0.05, 0) is 6.42 Å². The summed E-state index contributed by atoms with van der Waals surface area (Å²) in [6, 6.07) is 0. The normalized spacial score (nSPS) is 12.1. The second-order valence-corrected chi connectivity index (χ2v) is 3.58. The van der Waals surface area contributed by atoms with Crippen LogP contribution in [0, 0.1) is 5.92 Å². The van der Waals surface area contributed by atoms with Crippen LogP contribution in [0.4, 0.5) is 0 Å². The van der Waals surface area contributed by atoms with Crippen LogP contribution in [-0.2, 0) is 11.8 Å². The predicted molar refractivity (Wildman–Crippen MR) is 57.0 cm³/mol. The lowest BCUT2D eigenvalue weighted by Crippen LogP contribution is -2.32. The molecule has 0 aliphatic rings. The average Bonchev–Trinajstić information content (AvgIpc) is 2.65. The molecule has 88 valence electrons. The highest BCUT2D eigenvalue weighted by Crippen LogP contribution is 2.01. The predicted octanol–water partition coefficient (Wildman–Crippen LogP) is 0.261. The van der Waals surface area contributed by atoms with Crippen molar-refractivity contribution >= 4 is 11.9 Å². The van der Waals surface area contributed by atoms with E-state index in [9.17, 15) is 9.59 Å². The van der Waals surface area contributed by atoms with Crippen LogP contribution >= 0.6 is 0 Å². The smallest absolute Gasteiger partial charge is 0.308 e. The second kappa shape index (κ2) is 5.29. The van der Waals surface area contributed by atoms with Crippen molar-refractivity contribution in [3.63, 3.8) is 0 Å². The number of carboxylic acids is 1. The number of hydrogen-bond donors (Lipinski definition) is 2. The van der Waals surface area contributed by atoms with Gasteiger partial charge in [0.25, 0.3) is 5.91 Å². The molecule has 0 aliphatic carbocycles. The van der Waals surface area contributed by atoms with E-state index in [1.54, 1.807) is 24.7 Å². The highest BCUT2D eigenvalue weighted by Gasteiger charge is 2.17. The van der Waals surface area contributed by atoms with Crippen LogP contribution < -0.4 is 5.32 Å². The van der Waals surface area contributed by atoms with Gasteiger partial charge in [-0.15, -0.1) is 0 Å². The Balaban J connectivity index is 2.49. The number of hydrogen-bond acceptors (Lipinski definition) is 3. The van der Waals surface area contributed by atoms with Gasteiger partial charge in [0.15, 0.2) is 0 Å². The van der Waals surface area contributed by atoms with E-state index in [0.29, 0.717) is 12.1 Å². The zero-order valence-corrected chi connectivity index (χ0v) is 9.30. The first-order chi connectivity index (χ1) is 7.54. The van der Waals surface area contributed by atoms with E-state index in [-0.39, 0.29) is 12.5 Å². The lowest BCUT2D eigenvalue weighted by Gasteiger charge is -2.09. The third-order valence-electron chi connectivity index (χ3n) is 2.29. The molecule has 0 bridgehead atoms. The fourth-order valence-corrected chi connectivity index (χ4v) is 1.24. The molecule has 1 aromatic heterocycles. The Morgan fingerprint density at radius 1 is 1.62 bits per heavy atom. The van der Waals surface area contributed by atoms with Crippen LogP contribution in [-0.4, -0.2) is 33.1 Å². The summed E-state index contributed by atoms with van der Waals surface area (Å²) in [7, 11) is 1.76. The molecule has 1 rings (SSSR count). The van der Waals surface area contributed by atoms with Crippen molar-refractivity contribution in [1.82, 2.24) is 14.9 Å². The third kappa shape index (κ3) is 3.08. The van der Waals surface area contributed by atoms with Gasteiger partial charge in [0.2, 0.25) is 0 Å². The Bertz CT molecular complexity index is 386. The number of aliphatic carboxylic acids is 1. The number of carbonyl (C=O) groups is 2. The van der Waals surface area contributed by atoms with Crippen LogP contribution in [0.15, 0.2) is 12.5 Å². The number of nitrogens with one attached hydrogen (secondary N) is 1. The summed E-state index contributed by atoms with van der Waals surface area (Å²) < 4.78 is 1.66. The standard InChI is InChI=1S/C10H15N3O3/c1-3-7(10(15)16)4-11-9(14)8-5-13(2)6-12-8/h5-7H,3-4H2,1-2H3,(H,11,14)(H,15,16). The molecule has 6 heteroatoms. The molecule has 1 atom stereocenters. The molecule has 0 saturated carbocycles. The minimum absolute atomic E-state index is 0.126. The highest BCUT2D eigenvalue weighted by atomic mass is 16.4. The van der Waals surface area contributed by atoms with E-state index >= 15 is 0 Å². The molecule has 1 amide bonds. The lowest BCUT2D eigenvalue weighted by atomic mass is 10.1. The van der Waals surface area contributed by atoms with Crippen LogP contribution in [0.25, 0.3) is 0 Å². The van der Waals surface area contributed by atoms with Gasteiger partial charge in [-0.25, -0.2) is 4.98 Å². The van der Waals surface area contributed by atoms with Crippen molar-refractivity contribution in [2.24, 2.45) is 13.0 Å². The molecular formula is C10H15N3O3. The van der Waals surface area contributed by atoms with Gasteiger partial charge in [0.05, 0.1) is 12.2 Å². The number of aromatic nitrogens is 2. The zero-order chi connectivity index (χ0) is 12.1. The fraction of sp³-hybridized carbons (Fsp3) is 0.500. The van der Waals surface area contributed by atoms with Crippen molar-refractivity contribution in [2.75, 3.05) is 6.54 Å². The van der Waals surface area contributed by atoms with Crippen LogP contribution in [0.1, 0.15) is 23.8 Å². The molecule has 1 heterocycles. The summed E-state index contributed by atoms with van der Waals surface area (Å²) in [6.07, 6.45) is 3.58. The molecule has 1 aromatic rings. The van der Waals surface area contributed by atoms with Crippen molar-refractivity contribution in [2.45, 2.75) is 13.3 Å². The van der Waals surface area contributed by atoms with Gasteiger partial charge < -0.3 is 15.0 Å². The van der Waals surface area contributed by atoms with E-state index in [0.717, 1.165) is 0 Å². The summed E-state index contributed by atoms with van der Waals surface area (Å²) in [6.45, 7) is 1.90. The Hall–Kier alpha value is -1.85. The Morgan fingerprint density at radius 2 is 2.31 bits per heavy atom. The number of rotatable bonds is 5. The molecule has 0 aliphatic heterocycles. The summed E-state index contributed by atoms with van der Waals surface area (Å²) in [4.78, 5) is 26.1. The SMILES string of the molecule is CCC(CNC(=O)c1cn(C)cn1)C(=O)O. The van der Waals surface area contributed by atoms with Gasteiger partial charge >= 0.3 is 5.97 Å². The molecule has 1 unspecified atom stereocenters. The Morgan fingerprint density at radius 3 is 2.75 bits per heavy atom. The number of aryl methyl sites for hydroxylation is 1. The fourth-order valence-electron chi connectivity index (χ4n) is 1.24. The van der Waals surface area contributed by atoms with Gasteiger partial charge in [0, 0.05) is 19.8 Å². The van der Waals surface area contributed by atoms with E-state index in [1.165, 1.54) is 6.33 Å². The number of carbonyl (C=O) groups excluding carboxylic acids is 1. The van der Waals surface area contributed by atoms with Crippen molar-refractivity contribution < 1.29 is 14.7 Å². The maximum Gasteiger partial charge on any atom is 0.308 e. The van der Waals surface area contributed by atoms with Gasteiger partial charge in [-0.2, -0.15) is 0 Å². The molecule has 0 spiro atoms. The van der Waals surface area contributed by atoms with E-state index in [4.69, 9.17) is 5.11 Å². The monoisotopic (exact) mass is 225 g/mol. The number of amides is 1. The minimum Gasteiger partial charge on any atom is -0.481 e. The molecule has 0 fully saturated rings. The topological polar surface area (TPSA) is 84.2 Å². The van der Waals surface area contributed by atoms with Crippen molar-refractivity contribution in [3.05, 3.63) is 18.2 Å². The molecular weight excluding hydrogens is 210 g/mol. The summed E-state index contributed by atoms with van der Waals surface area (Å²) in [5.41, 5.74) is 0.294. The van der Waals surface area contributed by atoms with Crippen LogP contribution in [0.5, 0.6) is 0 Å². The average molecular weight is 225 g/mol. The summed E-state index contributed by atoms with van der Waals surface area (Å²) in [5, 5.41) is 11.3.